The normalized spacial score (nSPS) is 23.6. The lowest BCUT2D eigenvalue weighted by atomic mass is 9.86. The Hall–Kier alpha value is -1.85. The maximum atomic E-state index is 11.3. The van der Waals surface area contributed by atoms with E-state index in [1.54, 1.807) is 0 Å². The zero-order valence-corrected chi connectivity index (χ0v) is 10.3. The second kappa shape index (κ2) is 5.20. The topological polar surface area (TPSA) is 88.0 Å². The van der Waals surface area contributed by atoms with E-state index in [2.05, 4.69) is 17.2 Å². The Morgan fingerprint density at radius 2 is 2.11 bits per heavy atom. The van der Waals surface area contributed by atoms with Gasteiger partial charge in [-0.3, -0.25) is 14.9 Å². The first-order chi connectivity index (χ1) is 8.58. The monoisotopic (exact) mass is 251 g/mol. The van der Waals surface area contributed by atoms with Crippen molar-refractivity contribution in [3.8, 4) is 0 Å². The van der Waals surface area contributed by atoms with Gasteiger partial charge >= 0.3 is 5.69 Å². The third-order valence-corrected chi connectivity index (χ3v) is 3.53. The lowest BCUT2D eigenvalue weighted by Crippen LogP contribution is -2.31. The molecule has 6 heteroatoms. The molecule has 1 aromatic heterocycles. The molecule has 0 saturated heterocycles. The van der Waals surface area contributed by atoms with Gasteiger partial charge in [0.25, 0.3) is 0 Å². The molecule has 2 rings (SSSR count). The van der Waals surface area contributed by atoms with E-state index >= 15 is 0 Å². The minimum Gasteiger partial charge on any atom is -0.363 e. The molecular formula is C12H17N3O3. The summed E-state index contributed by atoms with van der Waals surface area (Å²) in [5.41, 5.74) is -0.404. The van der Waals surface area contributed by atoms with Crippen LogP contribution in [0.1, 0.15) is 32.6 Å². The fourth-order valence-electron chi connectivity index (χ4n) is 2.45. The van der Waals surface area contributed by atoms with Crippen molar-refractivity contribution in [1.82, 2.24) is 4.98 Å². The molecule has 98 valence electrons. The standard InChI is InChI=1S/C12H17N3O3/c1-8-4-2-3-5-9(8)13-12-10(15(17)18)6-7-11(16)14-12/h6-9H,2-5H2,1H3,(H2,13,14,16)/t8-,9-/m0/s1. The summed E-state index contributed by atoms with van der Waals surface area (Å²) < 4.78 is 0. The molecule has 1 saturated carbocycles. The first-order valence-corrected chi connectivity index (χ1v) is 6.22. The zero-order valence-electron chi connectivity index (χ0n) is 10.3. The van der Waals surface area contributed by atoms with Gasteiger partial charge in [-0.25, -0.2) is 0 Å². The van der Waals surface area contributed by atoms with Gasteiger partial charge in [0.1, 0.15) is 0 Å². The molecule has 1 aromatic rings. The second-order valence-corrected chi connectivity index (χ2v) is 4.85. The van der Waals surface area contributed by atoms with Crippen LogP contribution in [0.15, 0.2) is 16.9 Å². The predicted molar refractivity (Wildman–Crippen MR) is 68.8 cm³/mol. The van der Waals surface area contributed by atoms with Crippen LogP contribution in [0.25, 0.3) is 0 Å². The largest absolute Gasteiger partial charge is 0.363 e. The molecule has 1 fully saturated rings. The van der Waals surface area contributed by atoms with E-state index in [1.807, 2.05) is 0 Å². The summed E-state index contributed by atoms with van der Waals surface area (Å²) in [4.78, 5) is 24.2. The van der Waals surface area contributed by atoms with E-state index in [1.165, 1.54) is 18.6 Å². The van der Waals surface area contributed by atoms with Crippen molar-refractivity contribution >= 4 is 11.5 Å². The number of rotatable bonds is 3. The minimum absolute atomic E-state index is 0.0765. The van der Waals surface area contributed by atoms with Crippen molar-refractivity contribution in [1.29, 1.82) is 0 Å². The van der Waals surface area contributed by atoms with Gasteiger partial charge < -0.3 is 10.3 Å². The first kappa shape index (κ1) is 12.6. The van der Waals surface area contributed by atoms with Gasteiger partial charge in [-0.15, -0.1) is 0 Å². The highest BCUT2D eigenvalue weighted by atomic mass is 16.6. The van der Waals surface area contributed by atoms with Gasteiger partial charge in [0, 0.05) is 18.2 Å². The zero-order chi connectivity index (χ0) is 13.1. The summed E-state index contributed by atoms with van der Waals surface area (Å²) in [5, 5.41) is 14.0. The number of hydrogen-bond acceptors (Lipinski definition) is 4. The van der Waals surface area contributed by atoms with Crippen LogP contribution in [0.5, 0.6) is 0 Å². The third kappa shape index (κ3) is 2.69. The van der Waals surface area contributed by atoms with Crippen molar-refractivity contribution in [2.45, 2.75) is 38.6 Å². The van der Waals surface area contributed by atoms with Crippen molar-refractivity contribution in [3.05, 3.63) is 32.6 Å². The maximum absolute atomic E-state index is 11.3. The van der Waals surface area contributed by atoms with E-state index in [0.29, 0.717) is 5.92 Å². The highest BCUT2D eigenvalue weighted by Gasteiger charge is 2.24. The molecule has 1 aliphatic carbocycles. The van der Waals surface area contributed by atoms with Gasteiger partial charge in [-0.05, 0) is 18.8 Å². The average molecular weight is 251 g/mol. The molecular weight excluding hydrogens is 234 g/mol. The smallest absolute Gasteiger partial charge is 0.309 e. The number of anilines is 1. The average Bonchev–Trinajstić information content (AvgIpc) is 2.32. The van der Waals surface area contributed by atoms with Crippen LogP contribution in [0.4, 0.5) is 11.5 Å². The molecule has 1 heterocycles. The fourth-order valence-corrected chi connectivity index (χ4v) is 2.45. The Morgan fingerprint density at radius 3 is 2.78 bits per heavy atom. The molecule has 0 aliphatic heterocycles. The highest BCUT2D eigenvalue weighted by Crippen LogP contribution is 2.28. The summed E-state index contributed by atoms with van der Waals surface area (Å²) in [7, 11) is 0. The highest BCUT2D eigenvalue weighted by molar-refractivity contribution is 5.55. The van der Waals surface area contributed by atoms with Crippen LogP contribution in [0.2, 0.25) is 0 Å². The summed E-state index contributed by atoms with van der Waals surface area (Å²) in [6.45, 7) is 2.13. The fraction of sp³-hybridized carbons (Fsp3) is 0.583. The minimum atomic E-state index is -0.480. The molecule has 0 unspecified atom stereocenters. The number of aromatic amines is 1. The summed E-state index contributed by atoms with van der Waals surface area (Å²) in [5.74, 6) is 0.688. The van der Waals surface area contributed by atoms with E-state index in [9.17, 15) is 14.9 Å². The van der Waals surface area contributed by atoms with Crippen LogP contribution in [0, 0.1) is 16.0 Å². The molecule has 0 amide bonds. The van der Waals surface area contributed by atoms with Gasteiger partial charge in [0.05, 0.1) is 4.92 Å². The lowest BCUT2D eigenvalue weighted by molar-refractivity contribution is -0.384. The van der Waals surface area contributed by atoms with Crippen LogP contribution in [0.3, 0.4) is 0 Å². The number of H-pyrrole nitrogens is 1. The Labute approximate surface area is 105 Å². The number of pyridine rings is 1. The molecule has 2 atom stereocenters. The lowest BCUT2D eigenvalue weighted by Gasteiger charge is -2.29. The molecule has 18 heavy (non-hydrogen) atoms. The molecule has 0 aromatic carbocycles. The van der Waals surface area contributed by atoms with Crippen LogP contribution >= 0.6 is 0 Å². The van der Waals surface area contributed by atoms with Crippen LogP contribution in [-0.4, -0.2) is 15.9 Å². The molecule has 2 N–H and O–H groups in total. The maximum Gasteiger partial charge on any atom is 0.309 e. The van der Waals surface area contributed by atoms with E-state index in [4.69, 9.17) is 0 Å². The molecule has 0 spiro atoms. The molecule has 0 radical (unpaired) electrons. The van der Waals surface area contributed by atoms with E-state index in [-0.39, 0.29) is 23.1 Å². The van der Waals surface area contributed by atoms with Gasteiger partial charge in [-0.1, -0.05) is 19.8 Å². The first-order valence-electron chi connectivity index (χ1n) is 6.22. The van der Waals surface area contributed by atoms with E-state index in [0.717, 1.165) is 19.3 Å². The van der Waals surface area contributed by atoms with Crippen molar-refractivity contribution in [2.75, 3.05) is 5.32 Å². The SMILES string of the molecule is C[C@H]1CCCC[C@@H]1Nc1[nH]c(=O)ccc1[N+](=O)[O-]. The Kier molecular flexibility index (Phi) is 3.64. The quantitative estimate of drug-likeness (QED) is 0.637. The molecule has 1 aliphatic rings. The number of nitro groups is 1. The van der Waals surface area contributed by atoms with Gasteiger partial charge in [0.2, 0.25) is 5.56 Å². The van der Waals surface area contributed by atoms with Gasteiger partial charge in [-0.2, -0.15) is 0 Å². The molecule has 0 bridgehead atoms. The predicted octanol–water partition coefficient (Wildman–Crippen LogP) is 2.27. The Bertz CT molecular complexity index is 498. The second-order valence-electron chi connectivity index (χ2n) is 4.85. The third-order valence-electron chi connectivity index (χ3n) is 3.53. The number of nitrogens with one attached hydrogen (secondary N) is 2. The summed E-state index contributed by atoms with van der Waals surface area (Å²) >= 11 is 0. The van der Waals surface area contributed by atoms with Crippen LogP contribution < -0.4 is 10.9 Å². The van der Waals surface area contributed by atoms with E-state index < -0.39 is 4.92 Å². The summed E-state index contributed by atoms with van der Waals surface area (Å²) in [6.07, 6.45) is 4.41. The van der Waals surface area contributed by atoms with Gasteiger partial charge in [0.15, 0.2) is 5.82 Å². The summed E-state index contributed by atoms with van der Waals surface area (Å²) in [6, 6.07) is 2.61. The van der Waals surface area contributed by atoms with Crippen molar-refractivity contribution in [3.63, 3.8) is 0 Å². The Balaban J connectivity index is 2.24. The Morgan fingerprint density at radius 1 is 1.39 bits per heavy atom. The van der Waals surface area contributed by atoms with Crippen LogP contribution in [-0.2, 0) is 0 Å². The molecule has 6 nitrogen and oxygen atoms in total. The number of hydrogen-bond donors (Lipinski definition) is 2. The number of aromatic nitrogens is 1. The van der Waals surface area contributed by atoms with Crippen molar-refractivity contribution < 1.29 is 4.92 Å². The van der Waals surface area contributed by atoms with Crippen molar-refractivity contribution in [2.24, 2.45) is 5.92 Å². The number of nitrogens with zero attached hydrogens (tertiary/aromatic N) is 1.